The maximum absolute atomic E-state index is 7.41. The van der Waals surface area contributed by atoms with Crippen LogP contribution in [0.1, 0.15) is 93.2 Å². The van der Waals surface area contributed by atoms with Gasteiger partial charge in [-0.15, -0.1) is 0 Å². The van der Waals surface area contributed by atoms with Gasteiger partial charge in [0.25, 0.3) is 0 Å². The molecule has 4 rings (SSSR count). The summed E-state index contributed by atoms with van der Waals surface area (Å²) in [5.74, 6) is 1.82. The van der Waals surface area contributed by atoms with Gasteiger partial charge in [0.2, 0.25) is 0 Å². The van der Waals surface area contributed by atoms with E-state index in [1.807, 2.05) is 0 Å². The van der Waals surface area contributed by atoms with Gasteiger partial charge in [0, 0.05) is 0 Å². The number of hydrogen-bond donors (Lipinski definition) is 0. The van der Waals surface area contributed by atoms with E-state index in [0.717, 1.165) is 24.3 Å². The fourth-order valence-corrected chi connectivity index (χ4v) is 15.8. The van der Waals surface area contributed by atoms with E-state index in [-0.39, 0.29) is 10.8 Å². The predicted molar refractivity (Wildman–Crippen MR) is 154 cm³/mol. The third-order valence-corrected chi connectivity index (χ3v) is 17.5. The summed E-state index contributed by atoms with van der Waals surface area (Å²) < 4.78 is 17.5. The number of allylic oxidation sites excluding steroid dienone is 8. The van der Waals surface area contributed by atoms with E-state index in [2.05, 4.69) is 130 Å². The first-order chi connectivity index (χ1) is 17.2. The Morgan fingerprint density at radius 2 is 0.973 bits per heavy atom. The molecule has 0 spiro atoms. The second-order valence-electron chi connectivity index (χ2n) is 12.9. The molecule has 2 aromatic rings. The van der Waals surface area contributed by atoms with Crippen LogP contribution in [0.15, 0.2) is 89.5 Å². The zero-order valence-corrected chi connectivity index (χ0v) is 27.0. The van der Waals surface area contributed by atoms with Crippen molar-refractivity contribution in [1.82, 2.24) is 0 Å². The molecule has 0 aromatic heterocycles. The molecule has 0 atom stereocenters. The molecule has 37 heavy (non-hydrogen) atoms. The standard InChI is InChI=1S/2C10H14O.2C7H9.Zr/c2*1-10(2,3)8-5-4-6-9(11)7-8;2*1-6-3-4-7(2)5-6;/h2*4-7,11H,1-3H3;2*3H,4H2,1-2H3;/q;;;;+2/p-2. The van der Waals surface area contributed by atoms with Crippen molar-refractivity contribution in [1.29, 1.82) is 0 Å². The second kappa shape index (κ2) is 10.2. The van der Waals surface area contributed by atoms with Crippen LogP contribution in [-0.2, 0) is 32.0 Å². The molecule has 0 saturated heterocycles. The van der Waals surface area contributed by atoms with Crippen LogP contribution in [0, 0.1) is 0 Å². The maximum atomic E-state index is 7.41. The van der Waals surface area contributed by atoms with Crippen molar-refractivity contribution in [3.05, 3.63) is 101 Å². The average molecular weight is 576 g/mol. The van der Waals surface area contributed by atoms with Gasteiger partial charge in [-0.2, -0.15) is 0 Å². The topological polar surface area (TPSA) is 18.5 Å². The molecule has 0 N–H and O–H groups in total. The summed E-state index contributed by atoms with van der Waals surface area (Å²) in [5.41, 5.74) is 8.01. The first-order valence-electron chi connectivity index (χ1n) is 13.6. The molecule has 0 aliphatic heterocycles. The molecular weight excluding hydrogens is 532 g/mol. The molecule has 2 aliphatic rings. The van der Waals surface area contributed by atoms with Crippen LogP contribution in [0.4, 0.5) is 0 Å². The van der Waals surface area contributed by atoms with Crippen molar-refractivity contribution in [2.45, 2.75) is 92.9 Å². The summed E-state index contributed by atoms with van der Waals surface area (Å²) in [5, 5.41) is 0. The molecule has 0 radical (unpaired) electrons. The van der Waals surface area contributed by atoms with Crippen LogP contribution in [0.5, 0.6) is 11.5 Å². The van der Waals surface area contributed by atoms with E-state index in [4.69, 9.17) is 5.63 Å². The molecule has 0 unspecified atom stereocenters. The Morgan fingerprint density at radius 3 is 1.27 bits per heavy atom. The van der Waals surface area contributed by atoms with Crippen LogP contribution in [0.3, 0.4) is 0 Å². The first-order valence-corrected chi connectivity index (χ1v) is 18.0. The summed E-state index contributed by atoms with van der Waals surface area (Å²) in [7, 11) is 0. The van der Waals surface area contributed by atoms with Crippen LogP contribution in [-0.4, -0.2) is 0 Å². The predicted octanol–water partition coefficient (Wildman–Crippen LogP) is 9.97. The first kappa shape index (κ1) is 27.9. The van der Waals surface area contributed by atoms with Crippen molar-refractivity contribution < 1.29 is 26.8 Å². The Kier molecular flexibility index (Phi) is 7.71. The molecule has 0 amide bonds. The van der Waals surface area contributed by atoms with E-state index in [1.54, 1.807) is 0 Å². The van der Waals surface area contributed by atoms with Gasteiger partial charge in [0.15, 0.2) is 0 Å². The summed E-state index contributed by atoms with van der Waals surface area (Å²) >= 11 is -4.29. The molecule has 0 heterocycles. The summed E-state index contributed by atoms with van der Waals surface area (Å²) in [6, 6.07) is 17.4. The number of rotatable bonds is 6. The molecule has 0 bridgehead atoms. The molecule has 2 aromatic carbocycles. The summed E-state index contributed by atoms with van der Waals surface area (Å²) in [6.45, 7) is 22.5. The monoisotopic (exact) mass is 574 g/mol. The van der Waals surface area contributed by atoms with Crippen LogP contribution < -0.4 is 5.63 Å². The van der Waals surface area contributed by atoms with Gasteiger partial charge < -0.3 is 0 Å². The SMILES string of the molecule is CC1=CCC(C)=[C]1[Zr]([O]c1cccc(C(C)(C)C)c1)([O]c1cccc(C(C)(C)C)c1)[C]1=C(C)CC=C1C. The Balaban J connectivity index is 1.98. The minimum atomic E-state index is -4.29. The number of hydrogen-bond acceptors (Lipinski definition) is 2. The van der Waals surface area contributed by atoms with E-state index in [0.29, 0.717) is 0 Å². The van der Waals surface area contributed by atoms with Gasteiger partial charge >= 0.3 is 232 Å². The molecule has 196 valence electrons. The molecule has 3 heteroatoms. The van der Waals surface area contributed by atoms with E-state index < -0.39 is 21.1 Å². The van der Waals surface area contributed by atoms with Gasteiger partial charge in [0.05, 0.1) is 0 Å². The quantitative estimate of drug-likeness (QED) is 0.341. The second-order valence-corrected chi connectivity index (χ2v) is 19.4. The molecule has 0 saturated carbocycles. The molecule has 0 fully saturated rings. The molecular formula is C34H44O2Zr. The van der Waals surface area contributed by atoms with Gasteiger partial charge in [-0.05, 0) is 0 Å². The fourth-order valence-electron chi connectivity index (χ4n) is 5.51. The minimum absolute atomic E-state index is 0.0379. The Bertz CT molecular complexity index is 1220. The van der Waals surface area contributed by atoms with Crippen molar-refractivity contribution in [3.8, 4) is 11.5 Å². The summed E-state index contributed by atoms with van der Waals surface area (Å²) in [4.78, 5) is 0. The number of benzene rings is 2. The molecule has 2 nitrogen and oxygen atoms in total. The van der Waals surface area contributed by atoms with Crippen molar-refractivity contribution >= 4 is 0 Å². The fraction of sp³-hybridized carbons (Fsp3) is 0.412. The van der Waals surface area contributed by atoms with E-state index >= 15 is 0 Å². The van der Waals surface area contributed by atoms with Crippen LogP contribution in [0.25, 0.3) is 0 Å². The van der Waals surface area contributed by atoms with Crippen LogP contribution >= 0.6 is 0 Å². The zero-order chi connectivity index (χ0) is 27.2. The Labute approximate surface area is 230 Å². The Morgan fingerprint density at radius 1 is 0.595 bits per heavy atom. The van der Waals surface area contributed by atoms with Gasteiger partial charge in [-0.25, -0.2) is 0 Å². The van der Waals surface area contributed by atoms with Crippen molar-refractivity contribution in [2.75, 3.05) is 0 Å². The molecule has 2 aliphatic carbocycles. The van der Waals surface area contributed by atoms with Crippen LogP contribution in [0.2, 0.25) is 0 Å². The zero-order valence-electron chi connectivity index (χ0n) is 24.5. The third-order valence-electron chi connectivity index (χ3n) is 7.65. The Hall–Kier alpha value is -2.12. The summed E-state index contributed by atoms with van der Waals surface area (Å²) in [6.07, 6.45) is 6.63. The van der Waals surface area contributed by atoms with Crippen molar-refractivity contribution in [3.63, 3.8) is 0 Å². The van der Waals surface area contributed by atoms with Gasteiger partial charge in [-0.1, -0.05) is 0 Å². The normalized spacial score (nSPS) is 16.8. The van der Waals surface area contributed by atoms with Gasteiger partial charge in [-0.3, -0.25) is 0 Å². The average Bonchev–Trinajstić information content (AvgIpc) is 3.33. The van der Waals surface area contributed by atoms with E-state index in [9.17, 15) is 0 Å². The van der Waals surface area contributed by atoms with Gasteiger partial charge in [0.1, 0.15) is 0 Å². The van der Waals surface area contributed by atoms with E-state index in [1.165, 1.54) is 40.0 Å². The third kappa shape index (κ3) is 5.68. The van der Waals surface area contributed by atoms with Crippen molar-refractivity contribution in [2.24, 2.45) is 0 Å².